The number of nitrogens with zero attached hydrogens (tertiary/aromatic N) is 3. The number of fused-ring (bicyclic) bond motifs is 2. The van der Waals surface area contributed by atoms with Gasteiger partial charge in [0, 0.05) is 10.9 Å². The third kappa shape index (κ3) is 1.83. The molecule has 1 aliphatic heterocycles. The van der Waals surface area contributed by atoms with E-state index in [-0.39, 0.29) is 0 Å². The lowest BCUT2D eigenvalue weighted by atomic mass is 9.85. The van der Waals surface area contributed by atoms with Gasteiger partial charge in [0.1, 0.15) is 0 Å². The van der Waals surface area contributed by atoms with Crippen molar-refractivity contribution >= 4 is 35.2 Å². The van der Waals surface area contributed by atoms with Crippen molar-refractivity contribution in [2.24, 2.45) is 0 Å². The van der Waals surface area contributed by atoms with Crippen LogP contribution in [0, 0.1) is 0 Å². The molecule has 0 aliphatic carbocycles. The highest BCUT2D eigenvalue weighted by Gasteiger charge is 2.24. The Labute approximate surface area is 121 Å². The largest absolute Gasteiger partial charge is 0.397 e. The molecule has 4 rings (SSSR count). The van der Waals surface area contributed by atoms with E-state index in [1.54, 1.807) is 0 Å². The molecule has 7 heteroatoms. The maximum Gasteiger partial charge on any atom is 0.376 e. The standard InChI is InChI=1S/C14H10BN4O2/c16-12-7-17-18-13-6-8(4-5-10(12)13)9-2-1-3-11-14(9)19(20)21-15-11/h1-7,20H,(H2,16,18). The highest BCUT2D eigenvalue weighted by atomic mass is 16.9. The van der Waals surface area contributed by atoms with E-state index in [4.69, 9.17) is 10.5 Å². The van der Waals surface area contributed by atoms with Crippen LogP contribution in [0.25, 0.3) is 22.0 Å². The molecule has 0 fully saturated rings. The minimum atomic E-state index is 0.588. The van der Waals surface area contributed by atoms with Crippen LogP contribution in [0.15, 0.2) is 42.6 Å². The van der Waals surface area contributed by atoms with Crippen molar-refractivity contribution in [2.45, 2.75) is 0 Å². The van der Waals surface area contributed by atoms with Gasteiger partial charge >= 0.3 is 7.48 Å². The molecule has 3 aromatic rings. The third-order valence-corrected chi connectivity index (χ3v) is 3.52. The van der Waals surface area contributed by atoms with Gasteiger partial charge in [-0.2, -0.15) is 10.2 Å². The van der Waals surface area contributed by atoms with E-state index in [0.717, 1.165) is 27.2 Å². The molecular formula is C14H10BN4O2. The lowest BCUT2D eigenvalue weighted by Gasteiger charge is -2.14. The third-order valence-electron chi connectivity index (χ3n) is 3.52. The highest BCUT2D eigenvalue weighted by molar-refractivity contribution is 6.52. The second-order valence-electron chi connectivity index (χ2n) is 4.77. The van der Waals surface area contributed by atoms with E-state index in [0.29, 0.717) is 16.9 Å². The maximum atomic E-state index is 9.81. The molecule has 6 nitrogen and oxygen atoms in total. The first-order valence-corrected chi connectivity index (χ1v) is 6.37. The summed E-state index contributed by atoms with van der Waals surface area (Å²) >= 11 is 0. The van der Waals surface area contributed by atoms with Crippen LogP contribution in [0.4, 0.5) is 11.4 Å². The lowest BCUT2D eigenvalue weighted by Crippen LogP contribution is -2.13. The molecule has 1 radical (unpaired) electrons. The Bertz CT molecular complexity index is 855. The molecule has 21 heavy (non-hydrogen) atoms. The molecule has 0 unspecified atom stereocenters. The van der Waals surface area contributed by atoms with E-state index in [2.05, 4.69) is 10.2 Å². The smallest absolute Gasteiger partial charge is 0.376 e. The second kappa shape index (κ2) is 4.44. The van der Waals surface area contributed by atoms with Crippen LogP contribution in [0.1, 0.15) is 0 Å². The molecule has 1 aliphatic rings. The van der Waals surface area contributed by atoms with Gasteiger partial charge < -0.3 is 10.5 Å². The molecule has 0 saturated heterocycles. The van der Waals surface area contributed by atoms with Crippen LogP contribution >= 0.6 is 0 Å². The summed E-state index contributed by atoms with van der Waals surface area (Å²) < 4.78 is 5.01. The predicted octanol–water partition coefficient (Wildman–Crippen LogP) is 1.26. The van der Waals surface area contributed by atoms with Crippen LogP contribution in [-0.4, -0.2) is 22.9 Å². The van der Waals surface area contributed by atoms with Gasteiger partial charge in [0.25, 0.3) is 0 Å². The number of anilines is 2. The molecule has 2 aromatic carbocycles. The number of aromatic nitrogens is 2. The molecule has 0 saturated carbocycles. The van der Waals surface area contributed by atoms with Crippen molar-refractivity contribution in [3.8, 4) is 11.1 Å². The second-order valence-corrected chi connectivity index (χ2v) is 4.77. The fourth-order valence-electron chi connectivity index (χ4n) is 2.51. The molecule has 101 valence electrons. The normalized spacial score (nSPS) is 13.3. The molecule has 2 heterocycles. The number of hydrogen-bond donors (Lipinski definition) is 2. The quantitative estimate of drug-likeness (QED) is 0.651. The zero-order valence-corrected chi connectivity index (χ0v) is 10.9. The predicted molar refractivity (Wildman–Crippen MR) is 80.1 cm³/mol. The monoisotopic (exact) mass is 277 g/mol. The van der Waals surface area contributed by atoms with Crippen molar-refractivity contribution < 1.29 is 9.96 Å². The Morgan fingerprint density at radius 2 is 2.14 bits per heavy atom. The first-order chi connectivity index (χ1) is 10.2. The summed E-state index contributed by atoms with van der Waals surface area (Å²) in [6.45, 7) is 0. The first kappa shape index (κ1) is 12.1. The topological polar surface area (TPSA) is 84.5 Å². The number of nitrogen functional groups attached to an aromatic ring is 1. The van der Waals surface area contributed by atoms with E-state index in [1.807, 2.05) is 36.4 Å². The number of nitrogens with two attached hydrogens (primary N) is 1. The zero-order chi connectivity index (χ0) is 14.4. The molecule has 0 amide bonds. The Balaban J connectivity index is 1.94. The minimum absolute atomic E-state index is 0.588. The molecule has 0 atom stereocenters. The average molecular weight is 277 g/mol. The van der Waals surface area contributed by atoms with E-state index >= 15 is 0 Å². The van der Waals surface area contributed by atoms with Crippen molar-refractivity contribution in [3.05, 3.63) is 42.6 Å². The number of benzene rings is 2. The van der Waals surface area contributed by atoms with Gasteiger partial charge in [-0.05, 0) is 23.2 Å². The Morgan fingerprint density at radius 1 is 1.24 bits per heavy atom. The van der Waals surface area contributed by atoms with Crippen molar-refractivity contribution in [1.82, 2.24) is 10.2 Å². The maximum absolute atomic E-state index is 9.81. The number of para-hydroxylation sites is 1. The summed E-state index contributed by atoms with van der Waals surface area (Å²) in [6, 6.07) is 11.4. The van der Waals surface area contributed by atoms with E-state index < -0.39 is 0 Å². The van der Waals surface area contributed by atoms with E-state index in [9.17, 15) is 5.21 Å². The summed E-state index contributed by atoms with van der Waals surface area (Å²) in [4.78, 5) is 0. The first-order valence-electron chi connectivity index (χ1n) is 6.37. The Kier molecular flexibility index (Phi) is 2.56. The van der Waals surface area contributed by atoms with Gasteiger partial charge in [0.15, 0.2) is 0 Å². The molecule has 3 N–H and O–H groups in total. The van der Waals surface area contributed by atoms with Crippen molar-refractivity contribution in [1.29, 1.82) is 0 Å². The van der Waals surface area contributed by atoms with Crippen LogP contribution in [0.2, 0.25) is 0 Å². The van der Waals surface area contributed by atoms with Crippen molar-refractivity contribution in [3.63, 3.8) is 0 Å². The molecular weight excluding hydrogens is 267 g/mol. The van der Waals surface area contributed by atoms with E-state index in [1.165, 1.54) is 13.7 Å². The van der Waals surface area contributed by atoms with Gasteiger partial charge in [-0.15, -0.1) is 5.23 Å². The van der Waals surface area contributed by atoms with Gasteiger partial charge in [-0.3, -0.25) is 5.21 Å². The molecule has 0 bridgehead atoms. The fourth-order valence-corrected chi connectivity index (χ4v) is 2.51. The van der Waals surface area contributed by atoms with Crippen LogP contribution in [-0.2, 0) is 4.76 Å². The lowest BCUT2D eigenvalue weighted by molar-refractivity contribution is 0.0633. The van der Waals surface area contributed by atoms with Crippen molar-refractivity contribution in [2.75, 3.05) is 11.0 Å². The van der Waals surface area contributed by atoms with Gasteiger partial charge in [0.2, 0.25) is 0 Å². The summed E-state index contributed by atoms with van der Waals surface area (Å²) in [5.41, 5.74) is 10.3. The van der Waals surface area contributed by atoms with Crippen LogP contribution in [0.5, 0.6) is 0 Å². The van der Waals surface area contributed by atoms with Gasteiger partial charge in [0.05, 0.1) is 23.1 Å². The summed E-state index contributed by atoms with van der Waals surface area (Å²) in [5.74, 6) is 0. The number of rotatable bonds is 1. The molecule has 1 aromatic heterocycles. The van der Waals surface area contributed by atoms with Gasteiger partial charge in [-0.25, -0.2) is 0 Å². The minimum Gasteiger partial charge on any atom is -0.397 e. The Hall–Kier alpha value is -2.64. The summed E-state index contributed by atoms with van der Waals surface area (Å²) in [7, 11) is 1.50. The average Bonchev–Trinajstić information content (AvgIpc) is 2.89. The molecule has 0 spiro atoms. The van der Waals surface area contributed by atoms with Gasteiger partial charge in [-0.1, -0.05) is 24.3 Å². The SMILES string of the molecule is Nc1cnnc2cc(-c3cccc4c3N(O)O[B]4)ccc12. The van der Waals surface area contributed by atoms with Crippen LogP contribution in [0.3, 0.4) is 0 Å². The zero-order valence-electron chi connectivity index (χ0n) is 10.9. The Morgan fingerprint density at radius 3 is 3.05 bits per heavy atom. The highest BCUT2D eigenvalue weighted by Crippen LogP contribution is 2.33. The number of hydrogen-bond acceptors (Lipinski definition) is 6. The summed E-state index contributed by atoms with van der Waals surface area (Å²) in [6.07, 6.45) is 1.53. The fraction of sp³-hybridized carbons (Fsp3) is 0. The van der Waals surface area contributed by atoms with Crippen LogP contribution < -0.4 is 16.4 Å². The summed E-state index contributed by atoms with van der Waals surface area (Å²) in [5, 5.41) is 19.4.